The molecular weight excluding hydrogens is 199 g/mol. The highest BCUT2D eigenvalue weighted by Gasteiger charge is 2.27. The van der Waals surface area contributed by atoms with Gasteiger partial charge in [-0.2, -0.15) is 0 Å². The Kier molecular flexibility index (Phi) is 2.26. The number of carboxylic acid groups (broad SMARTS) is 1. The van der Waals surface area contributed by atoms with Gasteiger partial charge in [0.2, 0.25) is 0 Å². The minimum absolute atomic E-state index is 0.107. The maximum absolute atomic E-state index is 13.4. The summed E-state index contributed by atoms with van der Waals surface area (Å²) in [5.41, 5.74) is 0.473. The number of carboxylic acids is 1. The van der Waals surface area contributed by atoms with Gasteiger partial charge in [0.15, 0.2) is 0 Å². The van der Waals surface area contributed by atoms with Crippen LogP contribution >= 0.6 is 0 Å². The summed E-state index contributed by atoms with van der Waals surface area (Å²) < 4.78 is 13.4. The summed E-state index contributed by atoms with van der Waals surface area (Å²) in [5.74, 6) is -2.87. The summed E-state index contributed by atoms with van der Waals surface area (Å²) in [6.45, 7) is 0. The monoisotopic (exact) mass is 208 g/mol. The van der Waals surface area contributed by atoms with Crippen molar-refractivity contribution in [2.24, 2.45) is 0 Å². The second-order valence-electron chi connectivity index (χ2n) is 3.64. The molecule has 0 aromatic heterocycles. The lowest BCUT2D eigenvalue weighted by molar-refractivity contribution is -0.131. The molecule has 0 saturated heterocycles. The molecule has 0 amide bonds. The minimum Gasteiger partial charge on any atom is -0.475 e. The van der Waals surface area contributed by atoms with E-state index >= 15 is 0 Å². The smallest absolute Gasteiger partial charge is 0.377 e. The molecule has 1 N–H and O–H groups in total. The maximum atomic E-state index is 13.4. The third-order valence-corrected chi connectivity index (χ3v) is 2.47. The fourth-order valence-corrected chi connectivity index (χ4v) is 1.52. The number of Topliss-reactive ketones (excluding diaryl/α,β-unsaturated/α-hetero) is 1. The summed E-state index contributed by atoms with van der Waals surface area (Å²) >= 11 is 0. The van der Waals surface area contributed by atoms with Crippen molar-refractivity contribution >= 4 is 11.8 Å². The molecule has 0 radical (unpaired) electrons. The molecule has 0 heterocycles. The van der Waals surface area contributed by atoms with Crippen molar-refractivity contribution in [3.05, 3.63) is 35.1 Å². The van der Waals surface area contributed by atoms with Crippen LogP contribution in [0.3, 0.4) is 0 Å². The van der Waals surface area contributed by atoms with Crippen molar-refractivity contribution in [3.8, 4) is 0 Å². The predicted octanol–water partition coefficient (Wildman–Crippen LogP) is 1.97. The molecule has 1 fully saturated rings. The van der Waals surface area contributed by atoms with Gasteiger partial charge in [-0.3, -0.25) is 4.79 Å². The first-order valence-corrected chi connectivity index (χ1v) is 4.66. The number of hydrogen-bond acceptors (Lipinski definition) is 2. The minimum atomic E-state index is -1.56. The Morgan fingerprint density at radius 2 is 2.00 bits per heavy atom. The zero-order valence-electron chi connectivity index (χ0n) is 7.87. The van der Waals surface area contributed by atoms with Crippen LogP contribution in [-0.4, -0.2) is 16.9 Å². The molecule has 15 heavy (non-hydrogen) atoms. The summed E-state index contributed by atoms with van der Waals surface area (Å²) in [5, 5.41) is 8.45. The Balaban J connectivity index is 2.32. The first-order valence-electron chi connectivity index (χ1n) is 4.66. The molecule has 1 aromatic carbocycles. The van der Waals surface area contributed by atoms with Gasteiger partial charge in [0.05, 0.1) is 0 Å². The second-order valence-corrected chi connectivity index (χ2v) is 3.64. The fourth-order valence-electron chi connectivity index (χ4n) is 1.52. The average Bonchev–Trinajstić information content (AvgIpc) is 3.00. The van der Waals surface area contributed by atoms with E-state index in [9.17, 15) is 14.0 Å². The number of ketones is 1. The van der Waals surface area contributed by atoms with Crippen molar-refractivity contribution < 1.29 is 19.1 Å². The quantitative estimate of drug-likeness (QED) is 0.610. The summed E-state index contributed by atoms with van der Waals surface area (Å²) in [7, 11) is 0. The number of carbonyl (C=O) groups excluding carboxylic acids is 1. The van der Waals surface area contributed by atoms with Crippen LogP contribution in [0.4, 0.5) is 4.39 Å². The topological polar surface area (TPSA) is 54.4 Å². The zero-order valence-corrected chi connectivity index (χ0v) is 7.87. The van der Waals surface area contributed by atoms with Gasteiger partial charge in [-0.05, 0) is 30.4 Å². The molecule has 0 aliphatic heterocycles. The third-order valence-electron chi connectivity index (χ3n) is 2.47. The summed E-state index contributed by atoms with van der Waals surface area (Å²) in [6, 6.07) is 3.88. The third kappa shape index (κ3) is 1.88. The van der Waals surface area contributed by atoms with Crippen molar-refractivity contribution in [1.29, 1.82) is 0 Å². The van der Waals surface area contributed by atoms with Gasteiger partial charge in [-0.15, -0.1) is 0 Å². The van der Waals surface area contributed by atoms with Crippen LogP contribution in [0, 0.1) is 5.82 Å². The van der Waals surface area contributed by atoms with Gasteiger partial charge in [0.25, 0.3) is 5.78 Å². The molecule has 2 rings (SSSR count). The van der Waals surface area contributed by atoms with E-state index in [1.165, 1.54) is 12.1 Å². The van der Waals surface area contributed by atoms with Gasteiger partial charge >= 0.3 is 5.97 Å². The van der Waals surface area contributed by atoms with Crippen LogP contribution in [-0.2, 0) is 4.79 Å². The lowest BCUT2D eigenvalue weighted by Crippen LogP contribution is -2.13. The highest BCUT2D eigenvalue weighted by Crippen LogP contribution is 2.41. The van der Waals surface area contributed by atoms with Crippen LogP contribution < -0.4 is 0 Å². The van der Waals surface area contributed by atoms with E-state index in [1.54, 1.807) is 0 Å². The molecule has 0 atom stereocenters. The lowest BCUT2D eigenvalue weighted by atomic mass is 10.0. The van der Waals surface area contributed by atoms with E-state index in [0.717, 1.165) is 18.9 Å². The molecule has 0 spiro atoms. The number of carbonyl (C=O) groups is 2. The zero-order chi connectivity index (χ0) is 11.0. The van der Waals surface area contributed by atoms with Crippen molar-refractivity contribution in [1.82, 2.24) is 0 Å². The Hall–Kier alpha value is -1.71. The molecule has 0 bridgehead atoms. The van der Waals surface area contributed by atoms with Gasteiger partial charge in [0.1, 0.15) is 5.82 Å². The van der Waals surface area contributed by atoms with E-state index in [2.05, 4.69) is 0 Å². The Labute approximate surface area is 85.5 Å². The van der Waals surface area contributed by atoms with Gasteiger partial charge < -0.3 is 5.11 Å². The number of hydrogen-bond donors (Lipinski definition) is 1. The summed E-state index contributed by atoms with van der Waals surface area (Å²) in [6.07, 6.45) is 1.92. The molecule has 1 aromatic rings. The first kappa shape index (κ1) is 9.83. The SMILES string of the molecule is O=C(O)C(=O)c1ccc(C2CC2)c(F)c1. The number of benzene rings is 1. The number of aliphatic carboxylic acids is 1. The van der Waals surface area contributed by atoms with Gasteiger partial charge in [0, 0.05) is 5.56 Å². The predicted molar refractivity (Wildman–Crippen MR) is 50.3 cm³/mol. The van der Waals surface area contributed by atoms with Crippen LogP contribution in [0.25, 0.3) is 0 Å². The Morgan fingerprint density at radius 1 is 1.33 bits per heavy atom. The molecule has 78 valence electrons. The highest BCUT2D eigenvalue weighted by atomic mass is 19.1. The van der Waals surface area contributed by atoms with E-state index in [1.807, 2.05) is 0 Å². The summed E-state index contributed by atoms with van der Waals surface area (Å²) in [4.78, 5) is 21.4. The Morgan fingerprint density at radius 3 is 2.47 bits per heavy atom. The van der Waals surface area contributed by atoms with Gasteiger partial charge in [-0.1, -0.05) is 12.1 Å². The van der Waals surface area contributed by atoms with E-state index < -0.39 is 17.6 Å². The molecule has 4 heteroatoms. The Bertz CT molecular complexity index is 435. The van der Waals surface area contributed by atoms with Gasteiger partial charge in [-0.25, -0.2) is 9.18 Å². The molecule has 3 nitrogen and oxygen atoms in total. The molecule has 1 aliphatic carbocycles. The van der Waals surface area contributed by atoms with Crippen LogP contribution in [0.15, 0.2) is 18.2 Å². The molecule has 1 saturated carbocycles. The molecular formula is C11H9FO3. The standard InChI is InChI=1S/C11H9FO3/c12-9-5-7(10(13)11(14)15)3-4-8(9)6-1-2-6/h3-6H,1-2H2,(H,14,15). The maximum Gasteiger partial charge on any atom is 0.377 e. The largest absolute Gasteiger partial charge is 0.475 e. The van der Waals surface area contributed by atoms with Crippen molar-refractivity contribution in [3.63, 3.8) is 0 Å². The van der Waals surface area contributed by atoms with Crippen LogP contribution in [0.1, 0.15) is 34.7 Å². The normalized spacial score (nSPS) is 15.0. The van der Waals surface area contributed by atoms with Crippen LogP contribution in [0.2, 0.25) is 0 Å². The second kappa shape index (κ2) is 3.46. The average molecular weight is 208 g/mol. The van der Waals surface area contributed by atoms with E-state index in [4.69, 9.17) is 5.11 Å². The molecule has 1 aliphatic rings. The van der Waals surface area contributed by atoms with Crippen LogP contribution in [0.5, 0.6) is 0 Å². The lowest BCUT2D eigenvalue weighted by Gasteiger charge is -2.02. The number of halogens is 1. The fraction of sp³-hybridized carbons (Fsp3) is 0.273. The van der Waals surface area contributed by atoms with Crippen molar-refractivity contribution in [2.45, 2.75) is 18.8 Å². The molecule has 0 unspecified atom stereocenters. The van der Waals surface area contributed by atoms with E-state index in [0.29, 0.717) is 5.56 Å². The van der Waals surface area contributed by atoms with Crippen molar-refractivity contribution in [2.75, 3.05) is 0 Å². The first-order chi connectivity index (χ1) is 7.09. The highest BCUT2D eigenvalue weighted by molar-refractivity contribution is 6.39. The number of rotatable bonds is 3. The van der Waals surface area contributed by atoms with E-state index in [-0.39, 0.29) is 11.5 Å².